The maximum Gasteiger partial charge on any atom is 0.174 e. The molecular weight excluding hydrogens is 313 g/mol. The number of piperidine rings is 1. The zero-order valence-corrected chi connectivity index (χ0v) is 13.3. The number of carbonyl (C=O) groups excluding carboxylic acids is 1. The second-order valence-corrected chi connectivity index (χ2v) is 7.50. The third-order valence-corrected chi connectivity index (χ3v) is 6.74. The first-order chi connectivity index (χ1) is 11.5. The number of benzene rings is 1. The molecule has 1 aromatic carbocycles. The Hall–Kier alpha value is -1.66. The molecule has 2 aliphatic carbocycles. The molecule has 24 heavy (non-hydrogen) atoms. The zero-order valence-electron chi connectivity index (χ0n) is 13.3. The first-order valence-electron chi connectivity index (χ1n) is 8.60. The number of phenolic OH excluding ortho intramolecular Hbond substituents is 1. The van der Waals surface area contributed by atoms with E-state index >= 15 is 0 Å². The Labute approximate surface area is 139 Å². The summed E-state index contributed by atoms with van der Waals surface area (Å²) in [5.74, 6) is 0.377. The topological polar surface area (TPSA) is 70.0 Å². The predicted molar refractivity (Wildman–Crippen MR) is 83.0 cm³/mol. The molecule has 0 unspecified atom stereocenters. The van der Waals surface area contributed by atoms with Gasteiger partial charge in [-0.2, -0.15) is 0 Å². The van der Waals surface area contributed by atoms with Crippen molar-refractivity contribution in [2.45, 2.75) is 48.8 Å². The quantitative estimate of drug-likeness (QED) is 0.848. The average molecular weight is 333 g/mol. The monoisotopic (exact) mass is 333 g/mol. The molecule has 1 saturated heterocycles. The molecule has 4 atom stereocenters. The lowest BCUT2D eigenvalue weighted by molar-refractivity contribution is -0.188. The molecule has 5 nitrogen and oxygen atoms in total. The molecule has 2 fully saturated rings. The first kappa shape index (κ1) is 14.7. The van der Waals surface area contributed by atoms with Crippen LogP contribution in [0, 0.1) is 0 Å². The summed E-state index contributed by atoms with van der Waals surface area (Å²) in [5.41, 5.74) is -0.107. The highest BCUT2D eigenvalue weighted by atomic mass is 19.1. The molecule has 1 saturated carbocycles. The van der Waals surface area contributed by atoms with Crippen molar-refractivity contribution in [2.75, 3.05) is 19.8 Å². The highest BCUT2D eigenvalue weighted by Gasteiger charge is 2.73. The Morgan fingerprint density at radius 3 is 3.00 bits per heavy atom. The number of ketones is 1. The number of aliphatic hydroxyl groups is 1. The van der Waals surface area contributed by atoms with E-state index in [-0.39, 0.29) is 24.0 Å². The van der Waals surface area contributed by atoms with Gasteiger partial charge in [-0.3, -0.25) is 9.69 Å². The third-order valence-electron chi connectivity index (χ3n) is 6.74. The van der Waals surface area contributed by atoms with E-state index in [9.17, 15) is 19.4 Å². The molecule has 0 aromatic heterocycles. The van der Waals surface area contributed by atoms with E-state index < -0.39 is 23.8 Å². The van der Waals surface area contributed by atoms with Crippen LogP contribution in [-0.4, -0.2) is 58.4 Å². The van der Waals surface area contributed by atoms with Gasteiger partial charge in [0, 0.05) is 24.6 Å². The van der Waals surface area contributed by atoms with Crippen LogP contribution in [0.4, 0.5) is 4.39 Å². The number of ether oxygens (including phenoxy) is 1. The number of phenols is 1. The van der Waals surface area contributed by atoms with E-state index in [1.807, 2.05) is 11.0 Å². The van der Waals surface area contributed by atoms with Gasteiger partial charge in [0.25, 0.3) is 0 Å². The van der Waals surface area contributed by atoms with Gasteiger partial charge in [-0.15, -0.1) is 0 Å². The van der Waals surface area contributed by atoms with Crippen LogP contribution in [0.25, 0.3) is 0 Å². The zero-order chi connectivity index (χ0) is 16.7. The number of alkyl halides is 1. The van der Waals surface area contributed by atoms with Gasteiger partial charge >= 0.3 is 0 Å². The van der Waals surface area contributed by atoms with Crippen molar-refractivity contribution >= 4 is 5.78 Å². The van der Waals surface area contributed by atoms with Crippen molar-refractivity contribution in [1.82, 2.24) is 4.90 Å². The van der Waals surface area contributed by atoms with E-state index in [0.717, 1.165) is 11.1 Å². The lowest BCUT2D eigenvalue weighted by Gasteiger charge is -2.62. The summed E-state index contributed by atoms with van der Waals surface area (Å²) in [5, 5.41) is 22.0. The number of aromatic hydroxyl groups is 1. The standard InChI is InChI=1S/C18H20FNO4/c19-6-8-20-7-5-17-14-10-1-2-11(21)15(14)24-16(17)12(22)3-4-18(17,23)13(20)9-10/h1-2,13,16,21,23H,3-9H2/t13-,16+,17+,18-/m1/s1. The van der Waals surface area contributed by atoms with Crippen LogP contribution in [0.15, 0.2) is 12.1 Å². The number of hydrogen-bond donors (Lipinski definition) is 2. The fourth-order valence-electron chi connectivity index (χ4n) is 5.79. The highest BCUT2D eigenvalue weighted by molar-refractivity contribution is 5.90. The number of likely N-dealkylation sites (tertiary alicyclic amines) is 1. The molecule has 5 rings (SSSR count). The van der Waals surface area contributed by atoms with Crippen molar-refractivity contribution in [3.05, 3.63) is 23.3 Å². The Bertz CT molecular complexity index is 753. The second kappa shape index (κ2) is 4.49. The van der Waals surface area contributed by atoms with Crippen LogP contribution in [0.1, 0.15) is 30.4 Å². The van der Waals surface area contributed by atoms with Crippen LogP contribution in [0.5, 0.6) is 11.5 Å². The number of halogens is 1. The molecule has 0 radical (unpaired) electrons. The van der Waals surface area contributed by atoms with Crippen LogP contribution in [0.3, 0.4) is 0 Å². The SMILES string of the molecule is O=C1CC[C@@]2(O)[C@H]3Cc4ccc(O)c5c4[C@@]2(CCN3CCF)[C@H]1O5. The smallest absolute Gasteiger partial charge is 0.174 e. The van der Waals surface area contributed by atoms with E-state index in [4.69, 9.17) is 4.74 Å². The Morgan fingerprint density at radius 2 is 2.21 bits per heavy atom. The van der Waals surface area contributed by atoms with Gasteiger partial charge in [-0.05, 0) is 37.4 Å². The molecule has 0 amide bonds. The van der Waals surface area contributed by atoms with Crippen LogP contribution < -0.4 is 4.74 Å². The fourth-order valence-corrected chi connectivity index (χ4v) is 5.79. The average Bonchev–Trinajstić information content (AvgIpc) is 2.91. The van der Waals surface area contributed by atoms with Gasteiger partial charge in [-0.25, -0.2) is 4.39 Å². The van der Waals surface area contributed by atoms with Gasteiger partial charge < -0.3 is 14.9 Å². The Morgan fingerprint density at radius 1 is 1.38 bits per heavy atom. The maximum atomic E-state index is 13.0. The summed E-state index contributed by atoms with van der Waals surface area (Å²) < 4.78 is 18.9. The number of hydrogen-bond acceptors (Lipinski definition) is 5. The van der Waals surface area contributed by atoms with Crippen LogP contribution in [0.2, 0.25) is 0 Å². The number of carbonyl (C=O) groups is 1. The summed E-state index contributed by atoms with van der Waals surface area (Å²) in [7, 11) is 0. The lowest BCUT2D eigenvalue weighted by Crippen LogP contribution is -2.76. The van der Waals surface area contributed by atoms with E-state index in [2.05, 4.69) is 0 Å². The molecule has 2 aliphatic heterocycles. The molecule has 6 heteroatoms. The molecule has 2 heterocycles. The van der Waals surface area contributed by atoms with E-state index in [1.54, 1.807) is 6.07 Å². The molecule has 128 valence electrons. The van der Waals surface area contributed by atoms with Crippen LogP contribution in [-0.2, 0) is 16.6 Å². The minimum absolute atomic E-state index is 0.0131. The largest absolute Gasteiger partial charge is 0.504 e. The summed E-state index contributed by atoms with van der Waals surface area (Å²) in [6.45, 7) is 0.466. The van der Waals surface area contributed by atoms with Crippen LogP contribution >= 0.6 is 0 Å². The molecule has 1 spiro atoms. The molecule has 2 bridgehead atoms. The molecular formula is C18H20FNO4. The highest BCUT2D eigenvalue weighted by Crippen LogP contribution is 2.64. The van der Waals surface area contributed by atoms with Crippen molar-refractivity contribution in [3.8, 4) is 11.5 Å². The summed E-state index contributed by atoms with van der Waals surface area (Å²) in [4.78, 5) is 14.6. The Balaban J connectivity index is 1.78. The van der Waals surface area contributed by atoms with E-state index in [0.29, 0.717) is 38.1 Å². The summed E-state index contributed by atoms with van der Waals surface area (Å²) in [6.07, 6.45) is 1.01. The van der Waals surface area contributed by atoms with Crippen molar-refractivity contribution in [3.63, 3.8) is 0 Å². The normalized spacial score (nSPS) is 39.5. The van der Waals surface area contributed by atoms with Gasteiger partial charge in [-0.1, -0.05) is 6.07 Å². The van der Waals surface area contributed by atoms with Gasteiger partial charge in [0.05, 0.1) is 11.0 Å². The maximum absolute atomic E-state index is 13.0. The van der Waals surface area contributed by atoms with Gasteiger partial charge in [0.1, 0.15) is 6.67 Å². The third kappa shape index (κ3) is 1.41. The number of rotatable bonds is 2. The van der Waals surface area contributed by atoms with Gasteiger partial charge in [0.15, 0.2) is 23.4 Å². The molecule has 4 aliphatic rings. The number of Topliss-reactive ketones (excluding diaryl/α,β-unsaturated/α-hetero) is 1. The van der Waals surface area contributed by atoms with Gasteiger partial charge in [0.2, 0.25) is 0 Å². The molecule has 1 aromatic rings. The minimum Gasteiger partial charge on any atom is -0.504 e. The van der Waals surface area contributed by atoms with Crippen molar-refractivity contribution in [1.29, 1.82) is 0 Å². The summed E-state index contributed by atoms with van der Waals surface area (Å²) in [6, 6.07) is 3.22. The lowest BCUT2D eigenvalue weighted by atomic mass is 9.49. The van der Waals surface area contributed by atoms with Crippen molar-refractivity contribution in [2.24, 2.45) is 0 Å². The second-order valence-electron chi connectivity index (χ2n) is 7.50. The van der Waals surface area contributed by atoms with E-state index in [1.165, 1.54) is 0 Å². The molecule has 2 N–H and O–H groups in total. The fraction of sp³-hybridized carbons (Fsp3) is 0.611. The number of nitrogens with zero attached hydrogens (tertiary/aromatic N) is 1. The summed E-state index contributed by atoms with van der Waals surface area (Å²) >= 11 is 0. The Kier molecular flexibility index (Phi) is 2.74. The van der Waals surface area contributed by atoms with Crippen molar-refractivity contribution < 1.29 is 24.1 Å². The minimum atomic E-state index is -1.12. The predicted octanol–water partition coefficient (Wildman–Crippen LogP) is 1.08. The first-order valence-corrected chi connectivity index (χ1v) is 8.60.